The molecule has 21 heavy (non-hydrogen) atoms. The van der Waals surface area contributed by atoms with Crippen LogP contribution < -0.4 is 11.1 Å². The van der Waals surface area contributed by atoms with Crippen molar-refractivity contribution in [2.75, 3.05) is 24.7 Å². The molecule has 0 aromatic heterocycles. The highest BCUT2D eigenvalue weighted by Crippen LogP contribution is 2.27. The van der Waals surface area contributed by atoms with Gasteiger partial charge in [-0.15, -0.1) is 0 Å². The largest absolute Gasteiger partial charge is 0.377 e. The van der Waals surface area contributed by atoms with Gasteiger partial charge in [0.05, 0.1) is 6.10 Å². The average molecular weight is 308 g/mol. The predicted molar refractivity (Wildman–Crippen MR) is 87.3 cm³/mol. The number of rotatable bonds is 8. The molecule has 1 aromatic carbocycles. The first-order valence-corrected chi connectivity index (χ1v) is 8.64. The van der Waals surface area contributed by atoms with Crippen molar-refractivity contribution in [3.8, 4) is 0 Å². The molecule has 1 aliphatic rings. The molecule has 3 N–H and O–H groups in total. The Labute approximate surface area is 130 Å². The van der Waals surface area contributed by atoms with E-state index >= 15 is 0 Å². The van der Waals surface area contributed by atoms with Gasteiger partial charge in [0, 0.05) is 18.1 Å². The number of likely N-dealkylation sites (N-methyl/N-ethyl adjacent to an activating group) is 1. The maximum Gasteiger partial charge on any atom is 0.243 e. The Balaban J connectivity index is 2.09. The van der Waals surface area contributed by atoms with Crippen molar-refractivity contribution in [3.63, 3.8) is 0 Å². The standard InChI is InChI=1S/C16H24N2O2S/c1-2-18-16(15(17)19,13-7-4-3-5-8-13)12-21-11-14-9-6-10-20-14/h3-5,7-8,14,18H,2,6,9-12H2,1H3,(H2,17,19). The molecule has 1 amide bonds. The summed E-state index contributed by atoms with van der Waals surface area (Å²) in [5.41, 5.74) is 5.86. The van der Waals surface area contributed by atoms with Crippen LogP contribution in [0.4, 0.5) is 0 Å². The smallest absolute Gasteiger partial charge is 0.243 e. The third kappa shape index (κ3) is 3.99. The molecule has 0 radical (unpaired) electrons. The fourth-order valence-electron chi connectivity index (χ4n) is 2.68. The topological polar surface area (TPSA) is 64.3 Å². The van der Waals surface area contributed by atoms with Crippen LogP contribution in [0.5, 0.6) is 0 Å². The number of carbonyl (C=O) groups is 1. The zero-order valence-corrected chi connectivity index (χ0v) is 13.3. The van der Waals surface area contributed by atoms with Crippen LogP contribution in [0.3, 0.4) is 0 Å². The van der Waals surface area contributed by atoms with Gasteiger partial charge in [0.15, 0.2) is 0 Å². The van der Waals surface area contributed by atoms with Crippen molar-refractivity contribution in [1.29, 1.82) is 0 Å². The summed E-state index contributed by atoms with van der Waals surface area (Å²) in [6, 6.07) is 9.74. The van der Waals surface area contributed by atoms with Gasteiger partial charge in [-0.25, -0.2) is 0 Å². The van der Waals surface area contributed by atoms with E-state index in [-0.39, 0.29) is 5.91 Å². The summed E-state index contributed by atoms with van der Waals surface area (Å²) >= 11 is 1.73. The third-order valence-electron chi connectivity index (χ3n) is 3.81. The summed E-state index contributed by atoms with van der Waals surface area (Å²) in [7, 11) is 0. The summed E-state index contributed by atoms with van der Waals surface area (Å²) in [6.07, 6.45) is 2.57. The Bertz CT molecular complexity index is 449. The maximum absolute atomic E-state index is 12.2. The zero-order valence-electron chi connectivity index (χ0n) is 12.5. The first-order valence-electron chi connectivity index (χ1n) is 7.49. The number of hydrogen-bond donors (Lipinski definition) is 2. The number of thioether (sulfide) groups is 1. The molecule has 1 saturated heterocycles. The van der Waals surface area contributed by atoms with Crippen LogP contribution >= 0.6 is 11.8 Å². The third-order valence-corrected chi connectivity index (χ3v) is 5.06. The Morgan fingerprint density at radius 2 is 2.24 bits per heavy atom. The van der Waals surface area contributed by atoms with Gasteiger partial charge >= 0.3 is 0 Å². The molecule has 2 unspecified atom stereocenters. The number of benzene rings is 1. The van der Waals surface area contributed by atoms with Crippen molar-refractivity contribution in [2.45, 2.75) is 31.4 Å². The quantitative estimate of drug-likeness (QED) is 0.770. The first-order chi connectivity index (χ1) is 10.2. The van der Waals surface area contributed by atoms with Crippen molar-refractivity contribution in [1.82, 2.24) is 5.32 Å². The van der Waals surface area contributed by atoms with Crippen LogP contribution in [0.1, 0.15) is 25.3 Å². The van der Waals surface area contributed by atoms with E-state index in [0.717, 1.165) is 30.8 Å². The molecule has 0 aliphatic carbocycles. The van der Waals surface area contributed by atoms with E-state index in [4.69, 9.17) is 10.5 Å². The Hall–Kier alpha value is -1.04. The van der Waals surface area contributed by atoms with E-state index in [1.165, 1.54) is 0 Å². The normalized spacial score (nSPS) is 21.1. The van der Waals surface area contributed by atoms with E-state index in [2.05, 4.69) is 5.32 Å². The van der Waals surface area contributed by atoms with E-state index in [1.807, 2.05) is 37.3 Å². The van der Waals surface area contributed by atoms with Gasteiger partial charge in [-0.1, -0.05) is 37.3 Å². The van der Waals surface area contributed by atoms with Crippen LogP contribution in [-0.2, 0) is 15.1 Å². The van der Waals surface area contributed by atoms with Gasteiger partial charge in [0.25, 0.3) is 0 Å². The van der Waals surface area contributed by atoms with Crippen LogP contribution in [0.15, 0.2) is 30.3 Å². The predicted octanol–water partition coefficient (Wildman–Crippen LogP) is 1.89. The lowest BCUT2D eigenvalue weighted by Gasteiger charge is -2.32. The molecule has 4 nitrogen and oxygen atoms in total. The molecule has 2 atom stereocenters. The van der Waals surface area contributed by atoms with E-state index in [9.17, 15) is 4.79 Å². The molecule has 1 aliphatic heterocycles. The van der Waals surface area contributed by atoms with Gasteiger partial charge < -0.3 is 10.5 Å². The number of hydrogen-bond acceptors (Lipinski definition) is 4. The Morgan fingerprint density at radius 3 is 2.81 bits per heavy atom. The minimum absolute atomic E-state index is 0.318. The highest BCUT2D eigenvalue weighted by molar-refractivity contribution is 7.99. The van der Waals surface area contributed by atoms with E-state index in [1.54, 1.807) is 11.8 Å². The molecule has 5 heteroatoms. The van der Waals surface area contributed by atoms with Crippen LogP contribution in [0.2, 0.25) is 0 Å². The van der Waals surface area contributed by atoms with Crippen molar-refractivity contribution >= 4 is 17.7 Å². The second-order valence-electron chi connectivity index (χ2n) is 5.32. The number of nitrogens with one attached hydrogen (secondary N) is 1. The highest BCUT2D eigenvalue weighted by atomic mass is 32.2. The van der Waals surface area contributed by atoms with Gasteiger partial charge in [0.1, 0.15) is 5.54 Å². The van der Waals surface area contributed by atoms with Gasteiger partial charge in [-0.05, 0) is 24.9 Å². The molecule has 1 heterocycles. The van der Waals surface area contributed by atoms with Crippen LogP contribution in [0.25, 0.3) is 0 Å². The van der Waals surface area contributed by atoms with Gasteiger partial charge in [-0.2, -0.15) is 11.8 Å². The summed E-state index contributed by atoms with van der Waals surface area (Å²) in [5.74, 6) is 1.21. The number of nitrogens with two attached hydrogens (primary N) is 1. The lowest BCUT2D eigenvalue weighted by Crippen LogP contribution is -2.54. The van der Waals surface area contributed by atoms with Gasteiger partial charge in [-0.3, -0.25) is 10.1 Å². The molecule has 116 valence electrons. The van der Waals surface area contributed by atoms with Gasteiger partial charge in [0.2, 0.25) is 5.91 Å². The zero-order chi connectivity index (χ0) is 15.1. The highest BCUT2D eigenvalue weighted by Gasteiger charge is 2.37. The summed E-state index contributed by atoms with van der Waals surface area (Å²) in [4.78, 5) is 12.2. The lowest BCUT2D eigenvalue weighted by atomic mass is 9.91. The fourth-order valence-corrected chi connectivity index (χ4v) is 4.04. The number of carbonyl (C=O) groups excluding carboxylic acids is 1. The number of amides is 1. The SMILES string of the molecule is CCNC(CSCC1CCCO1)(C(N)=O)c1ccccc1. The molecule has 1 fully saturated rings. The summed E-state index contributed by atoms with van der Waals surface area (Å²) in [5, 5.41) is 3.30. The number of ether oxygens (including phenoxy) is 1. The monoisotopic (exact) mass is 308 g/mol. The molecule has 0 bridgehead atoms. The summed E-state index contributed by atoms with van der Waals surface area (Å²) < 4.78 is 5.64. The van der Waals surface area contributed by atoms with E-state index in [0.29, 0.717) is 18.4 Å². The van der Waals surface area contributed by atoms with Crippen LogP contribution in [-0.4, -0.2) is 36.7 Å². The Morgan fingerprint density at radius 1 is 1.48 bits per heavy atom. The molecule has 1 aromatic rings. The Kier molecular flexibility index (Phi) is 6.08. The van der Waals surface area contributed by atoms with Crippen molar-refractivity contribution < 1.29 is 9.53 Å². The molecule has 2 rings (SSSR count). The maximum atomic E-state index is 12.2. The van der Waals surface area contributed by atoms with Crippen LogP contribution in [0, 0.1) is 0 Å². The number of primary amides is 1. The second-order valence-corrected chi connectivity index (χ2v) is 6.35. The fraction of sp³-hybridized carbons (Fsp3) is 0.562. The molecular weight excluding hydrogens is 284 g/mol. The first kappa shape index (κ1) is 16.3. The van der Waals surface area contributed by atoms with Crippen molar-refractivity contribution in [3.05, 3.63) is 35.9 Å². The lowest BCUT2D eigenvalue weighted by molar-refractivity contribution is -0.123. The molecule has 0 spiro atoms. The molecule has 0 saturated carbocycles. The minimum atomic E-state index is -0.806. The van der Waals surface area contributed by atoms with Crippen molar-refractivity contribution in [2.24, 2.45) is 5.73 Å². The van der Waals surface area contributed by atoms with E-state index < -0.39 is 5.54 Å². The summed E-state index contributed by atoms with van der Waals surface area (Å²) in [6.45, 7) is 3.54. The minimum Gasteiger partial charge on any atom is -0.377 e. The second kappa shape index (κ2) is 7.82. The molecular formula is C16H24N2O2S. The average Bonchev–Trinajstić information content (AvgIpc) is 3.00.